The summed E-state index contributed by atoms with van der Waals surface area (Å²) in [5, 5.41) is 0. The summed E-state index contributed by atoms with van der Waals surface area (Å²) in [5.41, 5.74) is 3.81. The molecule has 1 saturated heterocycles. The Balaban J connectivity index is 1.87. The third-order valence-electron chi connectivity index (χ3n) is 5.56. The molecule has 6 nitrogen and oxygen atoms in total. The summed E-state index contributed by atoms with van der Waals surface area (Å²) in [7, 11) is 5.07. The molecule has 7 heteroatoms. The van der Waals surface area contributed by atoms with Crippen molar-refractivity contribution < 1.29 is 23.4 Å². The van der Waals surface area contributed by atoms with Crippen molar-refractivity contribution in [2.75, 3.05) is 40.5 Å². The zero-order chi connectivity index (χ0) is 22.0. The number of morpholine rings is 1. The van der Waals surface area contributed by atoms with Crippen molar-refractivity contribution in [1.29, 1.82) is 0 Å². The quantitative estimate of drug-likeness (QED) is 0.622. The number of amides is 1. The Morgan fingerprint density at radius 1 is 0.935 bits per heavy atom. The molecule has 1 aliphatic heterocycles. The van der Waals surface area contributed by atoms with E-state index in [1.807, 2.05) is 35.9 Å². The molecule has 0 N–H and O–H groups in total. The number of rotatable bonds is 5. The number of ether oxygens (including phenoxy) is 3. The molecule has 0 spiro atoms. The molecule has 2 aromatic carbocycles. The Morgan fingerprint density at radius 2 is 1.58 bits per heavy atom. The highest BCUT2D eigenvalue weighted by Gasteiger charge is 2.26. The Morgan fingerprint density at radius 3 is 2.23 bits per heavy atom. The molecule has 0 saturated carbocycles. The van der Waals surface area contributed by atoms with Crippen LogP contribution in [-0.4, -0.2) is 55.9 Å². The molecule has 2 heterocycles. The molecule has 0 bridgehead atoms. The van der Waals surface area contributed by atoms with Gasteiger partial charge in [-0.05, 0) is 54.1 Å². The standard InChI is InChI=1S/C24H25FN2O4/c1-26-20(16-4-7-18(25)8-5-16)15-19(24(28)27-10-12-31-13-11-27)23(26)17-6-9-21(29-2)22(14-17)30-3/h4-9,14-15H,10-13H2,1-3H3. The van der Waals surface area contributed by atoms with Crippen molar-refractivity contribution in [3.63, 3.8) is 0 Å². The van der Waals surface area contributed by atoms with Gasteiger partial charge in [0.05, 0.1) is 38.7 Å². The van der Waals surface area contributed by atoms with Crippen LogP contribution in [0, 0.1) is 5.82 Å². The molecule has 4 rings (SSSR count). The maximum absolute atomic E-state index is 13.5. The van der Waals surface area contributed by atoms with Gasteiger partial charge in [-0.3, -0.25) is 4.79 Å². The number of aromatic nitrogens is 1. The summed E-state index contributed by atoms with van der Waals surface area (Å²) in [5.74, 6) is 0.828. The van der Waals surface area contributed by atoms with E-state index in [-0.39, 0.29) is 11.7 Å². The number of hydrogen-bond donors (Lipinski definition) is 0. The van der Waals surface area contributed by atoms with Crippen LogP contribution in [0.3, 0.4) is 0 Å². The van der Waals surface area contributed by atoms with E-state index >= 15 is 0 Å². The predicted molar refractivity (Wildman–Crippen MR) is 116 cm³/mol. The van der Waals surface area contributed by atoms with E-state index < -0.39 is 0 Å². The summed E-state index contributed by atoms with van der Waals surface area (Å²) >= 11 is 0. The van der Waals surface area contributed by atoms with E-state index in [0.29, 0.717) is 43.4 Å². The molecule has 0 atom stereocenters. The summed E-state index contributed by atoms with van der Waals surface area (Å²) in [6, 6.07) is 13.7. The fourth-order valence-electron chi connectivity index (χ4n) is 3.93. The highest BCUT2D eigenvalue weighted by atomic mass is 19.1. The summed E-state index contributed by atoms with van der Waals surface area (Å²) in [6.45, 7) is 2.14. The lowest BCUT2D eigenvalue weighted by Crippen LogP contribution is -2.40. The van der Waals surface area contributed by atoms with Crippen molar-refractivity contribution in [3.8, 4) is 34.0 Å². The molecule has 0 radical (unpaired) electrons. The molecule has 0 aliphatic carbocycles. The zero-order valence-electron chi connectivity index (χ0n) is 17.9. The smallest absolute Gasteiger partial charge is 0.256 e. The molecule has 0 unspecified atom stereocenters. The van der Waals surface area contributed by atoms with Crippen LogP contribution < -0.4 is 9.47 Å². The van der Waals surface area contributed by atoms with Crippen LogP contribution in [-0.2, 0) is 11.8 Å². The van der Waals surface area contributed by atoms with Gasteiger partial charge in [-0.15, -0.1) is 0 Å². The van der Waals surface area contributed by atoms with E-state index in [4.69, 9.17) is 14.2 Å². The Kier molecular flexibility index (Phi) is 5.95. The van der Waals surface area contributed by atoms with Crippen LogP contribution in [0.1, 0.15) is 10.4 Å². The molecule has 1 amide bonds. The average molecular weight is 424 g/mol. The van der Waals surface area contributed by atoms with Gasteiger partial charge < -0.3 is 23.7 Å². The van der Waals surface area contributed by atoms with Gasteiger partial charge in [0, 0.05) is 31.4 Å². The number of carbonyl (C=O) groups excluding carboxylic acids is 1. The highest BCUT2D eigenvalue weighted by Crippen LogP contribution is 2.37. The van der Waals surface area contributed by atoms with Gasteiger partial charge >= 0.3 is 0 Å². The lowest BCUT2D eigenvalue weighted by molar-refractivity contribution is 0.0303. The first kappa shape index (κ1) is 20.9. The first-order chi connectivity index (χ1) is 15.0. The first-order valence-corrected chi connectivity index (χ1v) is 10.1. The Hall–Kier alpha value is -3.32. The molecule has 162 valence electrons. The lowest BCUT2D eigenvalue weighted by atomic mass is 10.1. The van der Waals surface area contributed by atoms with Crippen molar-refractivity contribution in [2.45, 2.75) is 0 Å². The predicted octanol–water partition coefficient (Wildman–Crippen LogP) is 3.99. The number of hydrogen-bond acceptors (Lipinski definition) is 4. The van der Waals surface area contributed by atoms with Crippen LogP contribution in [0.4, 0.5) is 4.39 Å². The molecule has 1 aromatic heterocycles. The van der Waals surface area contributed by atoms with Crippen molar-refractivity contribution in [3.05, 3.63) is 59.9 Å². The molecule has 1 fully saturated rings. The van der Waals surface area contributed by atoms with Crippen molar-refractivity contribution in [1.82, 2.24) is 9.47 Å². The number of benzene rings is 2. The number of carbonyl (C=O) groups is 1. The first-order valence-electron chi connectivity index (χ1n) is 10.1. The maximum atomic E-state index is 13.5. The zero-order valence-corrected chi connectivity index (χ0v) is 17.9. The third-order valence-corrected chi connectivity index (χ3v) is 5.56. The second kappa shape index (κ2) is 8.81. The van der Waals surface area contributed by atoms with E-state index in [1.165, 1.54) is 12.1 Å². The summed E-state index contributed by atoms with van der Waals surface area (Å²) in [4.78, 5) is 15.3. The van der Waals surface area contributed by atoms with Crippen LogP contribution in [0.5, 0.6) is 11.5 Å². The minimum Gasteiger partial charge on any atom is -0.493 e. The number of nitrogens with zero attached hydrogens (tertiary/aromatic N) is 2. The van der Waals surface area contributed by atoms with Gasteiger partial charge in [-0.2, -0.15) is 0 Å². The van der Waals surface area contributed by atoms with E-state index in [9.17, 15) is 9.18 Å². The fraction of sp³-hybridized carbons (Fsp3) is 0.292. The fourth-order valence-corrected chi connectivity index (χ4v) is 3.93. The van der Waals surface area contributed by atoms with Gasteiger partial charge in [-0.25, -0.2) is 4.39 Å². The normalized spacial score (nSPS) is 13.9. The van der Waals surface area contributed by atoms with E-state index in [2.05, 4.69) is 0 Å². The van der Waals surface area contributed by atoms with Gasteiger partial charge in [0.15, 0.2) is 11.5 Å². The second-order valence-corrected chi connectivity index (χ2v) is 7.33. The second-order valence-electron chi connectivity index (χ2n) is 7.33. The van der Waals surface area contributed by atoms with Crippen LogP contribution in [0.25, 0.3) is 22.5 Å². The monoisotopic (exact) mass is 424 g/mol. The molecular weight excluding hydrogens is 399 g/mol. The summed E-state index contributed by atoms with van der Waals surface area (Å²) < 4.78 is 31.7. The van der Waals surface area contributed by atoms with Crippen molar-refractivity contribution in [2.24, 2.45) is 7.05 Å². The molecule has 1 aliphatic rings. The maximum Gasteiger partial charge on any atom is 0.256 e. The minimum atomic E-state index is -0.303. The lowest BCUT2D eigenvalue weighted by Gasteiger charge is -2.27. The SMILES string of the molecule is COc1ccc(-c2c(C(=O)N3CCOCC3)cc(-c3ccc(F)cc3)n2C)cc1OC. The van der Waals surface area contributed by atoms with Crippen LogP contribution >= 0.6 is 0 Å². The Labute approximate surface area is 180 Å². The topological polar surface area (TPSA) is 52.9 Å². The van der Waals surface area contributed by atoms with E-state index in [1.54, 1.807) is 31.3 Å². The molecule has 31 heavy (non-hydrogen) atoms. The van der Waals surface area contributed by atoms with Gasteiger partial charge in [0.2, 0.25) is 0 Å². The average Bonchev–Trinajstić information content (AvgIpc) is 3.16. The molecule has 3 aromatic rings. The Bertz CT molecular complexity index is 1090. The minimum absolute atomic E-state index is 0.0583. The van der Waals surface area contributed by atoms with Gasteiger partial charge in [0.1, 0.15) is 5.82 Å². The van der Waals surface area contributed by atoms with Crippen LogP contribution in [0.15, 0.2) is 48.5 Å². The van der Waals surface area contributed by atoms with Gasteiger partial charge in [0.25, 0.3) is 5.91 Å². The molecular formula is C24H25FN2O4. The van der Waals surface area contributed by atoms with E-state index in [0.717, 1.165) is 22.5 Å². The van der Waals surface area contributed by atoms with Crippen molar-refractivity contribution >= 4 is 5.91 Å². The number of methoxy groups -OCH3 is 2. The summed E-state index contributed by atoms with van der Waals surface area (Å²) in [6.07, 6.45) is 0. The number of halogens is 1. The van der Waals surface area contributed by atoms with Gasteiger partial charge in [-0.1, -0.05) is 0 Å². The van der Waals surface area contributed by atoms with Crippen LogP contribution in [0.2, 0.25) is 0 Å². The third kappa shape index (κ3) is 4.01. The highest BCUT2D eigenvalue weighted by molar-refractivity contribution is 6.02. The largest absolute Gasteiger partial charge is 0.493 e.